The number of halogens is 2. The zero-order valence-corrected chi connectivity index (χ0v) is 28.1. The van der Waals surface area contributed by atoms with E-state index >= 15 is 0 Å². The molecule has 0 aliphatic heterocycles. The highest BCUT2D eigenvalue weighted by atomic mass is 35.5. The molecule has 10 nitrogen and oxygen atoms in total. The third-order valence-electron chi connectivity index (χ3n) is 7.06. The van der Waals surface area contributed by atoms with Gasteiger partial charge in [0.1, 0.15) is 23.4 Å². The summed E-state index contributed by atoms with van der Waals surface area (Å²) in [5, 5.41) is 17.9. The summed E-state index contributed by atoms with van der Waals surface area (Å²) < 4.78 is 11.6. The number of nitrogens with one attached hydrogen (secondary N) is 3. The Balaban J connectivity index is 2.08. The maximum absolute atomic E-state index is 13.6. The van der Waals surface area contributed by atoms with Crippen LogP contribution in [0.15, 0.2) is 46.9 Å². The van der Waals surface area contributed by atoms with Gasteiger partial charge in [-0.2, -0.15) is 0 Å². The first kappa shape index (κ1) is 37.4. The fraction of sp³-hybridized carbons (Fsp3) is 0.429. The first-order valence-electron chi connectivity index (χ1n) is 15.6. The van der Waals surface area contributed by atoms with Crippen LogP contribution in [0.3, 0.4) is 0 Å². The van der Waals surface area contributed by atoms with E-state index in [0.717, 1.165) is 5.56 Å². The predicted molar refractivity (Wildman–Crippen MR) is 182 cm³/mol. The molecule has 3 rings (SSSR count). The van der Waals surface area contributed by atoms with Crippen molar-refractivity contribution in [2.75, 3.05) is 31.5 Å². The van der Waals surface area contributed by atoms with Crippen LogP contribution >= 0.6 is 23.2 Å². The molecule has 0 aliphatic carbocycles. The number of furan rings is 1. The van der Waals surface area contributed by atoms with Crippen LogP contribution in [0, 0.1) is 11.8 Å². The lowest BCUT2D eigenvalue weighted by atomic mass is 9.97. The van der Waals surface area contributed by atoms with Gasteiger partial charge in [-0.05, 0) is 43.0 Å². The normalized spacial score (nSPS) is 12.0. The minimum absolute atomic E-state index is 0.00209. The van der Waals surface area contributed by atoms with Crippen molar-refractivity contribution < 1.29 is 33.4 Å². The van der Waals surface area contributed by atoms with Gasteiger partial charge in [0.2, 0.25) is 17.7 Å². The number of fused-ring (bicyclic) bond motifs is 1. The fourth-order valence-electron chi connectivity index (χ4n) is 4.99. The van der Waals surface area contributed by atoms with Crippen molar-refractivity contribution in [2.24, 2.45) is 0 Å². The predicted octanol–water partition coefficient (Wildman–Crippen LogP) is 4.03. The summed E-state index contributed by atoms with van der Waals surface area (Å²) in [7, 11) is 0. The lowest BCUT2D eigenvalue weighted by Crippen LogP contribution is -2.55. The van der Waals surface area contributed by atoms with E-state index in [9.17, 15) is 24.3 Å². The average Bonchev–Trinajstić information content (AvgIpc) is 3.42. The summed E-state index contributed by atoms with van der Waals surface area (Å²) in [5.74, 6) is 5.40. The number of rotatable bonds is 17. The van der Waals surface area contributed by atoms with Crippen LogP contribution in [0.2, 0.25) is 0 Å². The second-order valence-corrected chi connectivity index (χ2v) is 11.5. The first-order valence-corrected chi connectivity index (χ1v) is 16.6. The summed E-state index contributed by atoms with van der Waals surface area (Å²) in [6, 6.07) is 10.6. The van der Waals surface area contributed by atoms with Crippen LogP contribution in [0.25, 0.3) is 11.0 Å². The Morgan fingerprint density at radius 3 is 2.32 bits per heavy atom. The molecule has 4 N–H and O–H groups in total. The molecule has 0 unspecified atom stereocenters. The molecule has 0 saturated carbocycles. The molecule has 0 radical (unpaired) electrons. The summed E-state index contributed by atoms with van der Waals surface area (Å²) >= 11 is 11.8. The van der Waals surface area contributed by atoms with Crippen LogP contribution in [0.1, 0.15) is 65.9 Å². The van der Waals surface area contributed by atoms with Crippen molar-refractivity contribution >= 4 is 57.9 Å². The molecule has 0 spiro atoms. The number of aryl methyl sites for hydroxylation is 1. The molecule has 252 valence electrons. The smallest absolute Gasteiger partial charge is 0.342 e. The highest BCUT2D eigenvalue weighted by molar-refractivity contribution is 6.18. The molecule has 1 aromatic heterocycles. The van der Waals surface area contributed by atoms with E-state index in [0.29, 0.717) is 65.3 Å². The molecule has 0 fully saturated rings. The highest BCUT2D eigenvalue weighted by Crippen LogP contribution is 2.32. The number of carbonyl (C=O) groups excluding carboxylic acids is 4. The van der Waals surface area contributed by atoms with Crippen molar-refractivity contribution in [3.05, 3.63) is 70.5 Å². The van der Waals surface area contributed by atoms with Gasteiger partial charge in [-0.1, -0.05) is 42.2 Å². The molecular weight excluding hydrogens is 645 g/mol. The maximum Gasteiger partial charge on any atom is 0.342 e. The van der Waals surface area contributed by atoms with Gasteiger partial charge in [0.25, 0.3) is 0 Å². The molecule has 0 saturated heterocycles. The number of esters is 1. The van der Waals surface area contributed by atoms with E-state index in [1.807, 2.05) is 30.3 Å². The molecule has 0 aliphatic rings. The topological polar surface area (TPSA) is 147 Å². The Morgan fingerprint density at radius 2 is 1.66 bits per heavy atom. The number of unbranched alkanes of at least 4 members (excludes halogenated alkanes) is 1. The molecule has 1 heterocycles. The van der Waals surface area contributed by atoms with Crippen LogP contribution in [0.4, 0.5) is 0 Å². The number of hydrogen-bond donors (Lipinski definition) is 4. The first-order chi connectivity index (χ1) is 22.7. The van der Waals surface area contributed by atoms with Crippen molar-refractivity contribution in [3.8, 4) is 11.8 Å². The summed E-state index contributed by atoms with van der Waals surface area (Å²) in [6.45, 7) is 2.85. The van der Waals surface area contributed by atoms with Gasteiger partial charge in [-0.25, -0.2) is 4.79 Å². The van der Waals surface area contributed by atoms with Crippen LogP contribution in [0.5, 0.6) is 0 Å². The molecule has 12 heteroatoms. The lowest BCUT2D eigenvalue weighted by Gasteiger charge is -2.23. The van der Waals surface area contributed by atoms with Crippen molar-refractivity contribution in [1.29, 1.82) is 0 Å². The number of benzene rings is 2. The van der Waals surface area contributed by atoms with Crippen molar-refractivity contribution in [3.63, 3.8) is 0 Å². The van der Waals surface area contributed by atoms with Gasteiger partial charge >= 0.3 is 5.97 Å². The number of carbonyl (C=O) groups is 4. The number of hydrogen-bond acceptors (Lipinski definition) is 7. The summed E-state index contributed by atoms with van der Waals surface area (Å²) in [6.07, 6.45) is 2.38. The largest absolute Gasteiger partial charge is 0.462 e. The average molecular weight is 687 g/mol. The third kappa shape index (κ3) is 11.3. The summed E-state index contributed by atoms with van der Waals surface area (Å²) in [5.41, 5.74) is 2.56. The van der Waals surface area contributed by atoms with Crippen LogP contribution in [-0.4, -0.2) is 72.4 Å². The van der Waals surface area contributed by atoms with Gasteiger partial charge in [0.15, 0.2) is 5.58 Å². The van der Waals surface area contributed by atoms with E-state index in [1.165, 1.54) is 6.92 Å². The Kier molecular flexibility index (Phi) is 15.6. The fourth-order valence-corrected chi connectivity index (χ4v) is 5.25. The number of ether oxygens (including phenoxy) is 1. The molecule has 47 heavy (non-hydrogen) atoms. The SMILES string of the molecule is CCOC(=O)c1c(CCCCl)oc2c(C#CCCCCl)cc(C[C@H](NC(=O)[C@H](Cc3ccccc3)NC(C)=O)C(=O)NCCO)cc12. The molecule has 3 aromatic rings. The van der Waals surface area contributed by atoms with Crippen LogP contribution < -0.4 is 16.0 Å². The van der Waals surface area contributed by atoms with E-state index in [4.69, 9.17) is 32.4 Å². The molecule has 2 atom stereocenters. The van der Waals surface area contributed by atoms with Gasteiger partial charge in [-0.3, -0.25) is 14.4 Å². The second kappa shape index (κ2) is 19.6. The van der Waals surface area contributed by atoms with Crippen LogP contribution in [-0.2, 0) is 38.4 Å². The quantitative estimate of drug-likeness (QED) is 0.0726. The van der Waals surface area contributed by atoms with Gasteiger partial charge in [-0.15, -0.1) is 23.2 Å². The third-order valence-corrected chi connectivity index (χ3v) is 7.59. The van der Waals surface area contributed by atoms with Gasteiger partial charge in [0.05, 0.1) is 18.8 Å². The number of aliphatic hydroxyl groups is 1. The Hall–Kier alpha value is -4.04. The highest BCUT2D eigenvalue weighted by Gasteiger charge is 2.29. The number of amides is 3. The van der Waals surface area contributed by atoms with E-state index in [-0.39, 0.29) is 38.2 Å². The molecular formula is C35H41Cl2N3O7. The number of aliphatic hydroxyl groups excluding tert-OH is 1. The van der Waals surface area contributed by atoms with Gasteiger partial charge < -0.3 is 30.2 Å². The Labute approximate surface area is 284 Å². The summed E-state index contributed by atoms with van der Waals surface area (Å²) in [4.78, 5) is 52.1. The zero-order valence-electron chi connectivity index (χ0n) is 26.6. The maximum atomic E-state index is 13.6. The van der Waals surface area contributed by atoms with E-state index < -0.39 is 35.8 Å². The Morgan fingerprint density at radius 1 is 0.957 bits per heavy atom. The standard InChI is InChI=1S/C35H41Cl2N3O7/c1-3-46-35(45)31-27-20-25(19-26(13-8-5-9-15-36)32(27)47-30(31)14-10-16-37)22-28(33(43)38-17-18-41)40-34(44)29(39-23(2)42)21-24-11-6-4-7-12-24/h4,6-7,11-12,19-20,28-29,41H,3,5,9-10,14-18,21-22H2,1-2H3,(H,38,43)(H,39,42)(H,40,44)/t28-,29-/m0/s1. The molecule has 3 amide bonds. The van der Waals surface area contributed by atoms with Crippen molar-refractivity contribution in [1.82, 2.24) is 16.0 Å². The second-order valence-electron chi connectivity index (χ2n) is 10.8. The lowest BCUT2D eigenvalue weighted by molar-refractivity contribution is -0.131. The Bertz CT molecular complexity index is 1580. The minimum atomic E-state index is -1.11. The molecule has 0 bridgehead atoms. The van der Waals surface area contributed by atoms with Gasteiger partial charge in [0, 0.05) is 56.3 Å². The zero-order chi connectivity index (χ0) is 34.2. The van der Waals surface area contributed by atoms with E-state index in [2.05, 4.69) is 27.8 Å². The minimum Gasteiger partial charge on any atom is -0.462 e. The van der Waals surface area contributed by atoms with E-state index in [1.54, 1.807) is 19.1 Å². The number of alkyl halides is 2. The van der Waals surface area contributed by atoms with Crippen molar-refractivity contribution in [2.45, 2.75) is 64.5 Å². The molecule has 2 aromatic carbocycles. The monoisotopic (exact) mass is 685 g/mol.